The first-order chi connectivity index (χ1) is 11.4. The van der Waals surface area contributed by atoms with Gasteiger partial charge in [0.25, 0.3) is 0 Å². The highest BCUT2D eigenvalue weighted by Crippen LogP contribution is 2.25. The van der Waals surface area contributed by atoms with Gasteiger partial charge in [0, 0.05) is 42.7 Å². The van der Waals surface area contributed by atoms with E-state index < -0.39 is 5.60 Å². The molecule has 0 N–H and O–H groups in total. The lowest BCUT2D eigenvalue weighted by Crippen LogP contribution is -2.47. The fourth-order valence-corrected chi connectivity index (χ4v) is 2.44. The maximum atomic E-state index is 12.1. The van der Waals surface area contributed by atoms with Crippen molar-refractivity contribution >= 4 is 23.5 Å². The Morgan fingerprint density at radius 3 is 2.67 bits per heavy atom. The normalized spacial score (nSPS) is 16.1. The SMILES string of the molecule is CC1(C)CCN(c2ccc(C#Cc3cncc(Cl)c3)cn2)C(=O)O1. The van der Waals surface area contributed by atoms with Gasteiger partial charge in [-0.1, -0.05) is 23.4 Å². The van der Waals surface area contributed by atoms with Gasteiger partial charge in [-0.15, -0.1) is 0 Å². The summed E-state index contributed by atoms with van der Waals surface area (Å²) in [6.07, 6.45) is 5.22. The van der Waals surface area contributed by atoms with Crippen molar-refractivity contribution in [2.75, 3.05) is 11.4 Å². The molecule has 2 aromatic rings. The summed E-state index contributed by atoms with van der Waals surface area (Å²) in [5.41, 5.74) is 1.04. The van der Waals surface area contributed by atoms with Crippen molar-refractivity contribution in [3.05, 3.63) is 52.9 Å². The molecule has 122 valence electrons. The number of cyclic esters (lactones) is 1. The van der Waals surface area contributed by atoms with Crippen molar-refractivity contribution in [2.45, 2.75) is 25.9 Å². The molecule has 6 heteroatoms. The van der Waals surface area contributed by atoms with Crippen LogP contribution in [0.15, 0.2) is 36.8 Å². The largest absolute Gasteiger partial charge is 0.443 e. The number of rotatable bonds is 1. The molecular weight excluding hydrogens is 326 g/mol. The average Bonchev–Trinajstić information content (AvgIpc) is 2.53. The molecule has 1 fully saturated rings. The Bertz CT molecular complexity index is 822. The van der Waals surface area contributed by atoms with E-state index >= 15 is 0 Å². The van der Waals surface area contributed by atoms with Gasteiger partial charge in [0.05, 0.1) is 5.02 Å². The molecule has 0 unspecified atom stereocenters. The van der Waals surface area contributed by atoms with Crippen LogP contribution in [0.5, 0.6) is 0 Å². The van der Waals surface area contributed by atoms with Crippen molar-refractivity contribution in [2.24, 2.45) is 0 Å². The smallest absolute Gasteiger partial charge is 0.416 e. The van der Waals surface area contributed by atoms with Gasteiger partial charge in [-0.2, -0.15) is 0 Å². The molecule has 1 aliphatic rings. The van der Waals surface area contributed by atoms with E-state index in [0.29, 0.717) is 17.4 Å². The van der Waals surface area contributed by atoms with E-state index in [-0.39, 0.29) is 6.09 Å². The Morgan fingerprint density at radius 2 is 2.00 bits per heavy atom. The molecule has 5 nitrogen and oxygen atoms in total. The minimum Gasteiger partial charge on any atom is -0.443 e. The number of aromatic nitrogens is 2. The zero-order valence-corrected chi connectivity index (χ0v) is 14.2. The summed E-state index contributed by atoms with van der Waals surface area (Å²) < 4.78 is 5.39. The van der Waals surface area contributed by atoms with Crippen LogP contribution in [0.25, 0.3) is 0 Å². The predicted molar refractivity (Wildman–Crippen MR) is 92.0 cm³/mol. The predicted octanol–water partition coefficient (Wildman–Crippen LogP) is 3.66. The Labute approximate surface area is 145 Å². The van der Waals surface area contributed by atoms with Crippen LogP contribution in [0.4, 0.5) is 10.6 Å². The van der Waals surface area contributed by atoms with E-state index in [1.165, 1.54) is 4.90 Å². The number of hydrogen-bond donors (Lipinski definition) is 0. The highest BCUT2D eigenvalue weighted by molar-refractivity contribution is 6.30. The lowest BCUT2D eigenvalue weighted by molar-refractivity contribution is 0.0234. The second kappa shape index (κ2) is 6.50. The zero-order chi connectivity index (χ0) is 17.2. The maximum Gasteiger partial charge on any atom is 0.416 e. The van der Waals surface area contributed by atoms with E-state index in [4.69, 9.17) is 16.3 Å². The molecular formula is C18H16ClN3O2. The monoisotopic (exact) mass is 341 g/mol. The molecule has 1 amide bonds. The molecule has 2 aromatic heterocycles. The topological polar surface area (TPSA) is 55.3 Å². The van der Waals surface area contributed by atoms with E-state index in [1.807, 2.05) is 19.9 Å². The number of pyridine rings is 2. The lowest BCUT2D eigenvalue weighted by atomic mass is 10.0. The number of anilines is 1. The van der Waals surface area contributed by atoms with Crippen molar-refractivity contribution < 1.29 is 9.53 Å². The van der Waals surface area contributed by atoms with Gasteiger partial charge in [-0.3, -0.25) is 9.88 Å². The van der Waals surface area contributed by atoms with Crippen LogP contribution in [0.2, 0.25) is 5.02 Å². The summed E-state index contributed by atoms with van der Waals surface area (Å²) in [7, 11) is 0. The summed E-state index contributed by atoms with van der Waals surface area (Å²) in [5, 5.41) is 0.543. The number of hydrogen-bond acceptors (Lipinski definition) is 4. The summed E-state index contributed by atoms with van der Waals surface area (Å²) in [6, 6.07) is 5.33. The van der Waals surface area contributed by atoms with Gasteiger partial charge >= 0.3 is 6.09 Å². The number of halogens is 1. The Morgan fingerprint density at radius 1 is 1.21 bits per heavy atom. The molecule has 3 heterocycles. The van der Waals surface area contributed by atoms with Crippen LogP contribution in [0, 0.1) is 11.8 Å². The number of amides is 1. The standard InChI is InChI=1S/C18H16ClN3O2/c1-18(2)7-8-22(17(23)24-18)16-6-5-13(11-21-16)3-4-14-9-15(19)12-20-10-14/h5-6,9-12H,7-8H2,1-2H3. The van der Waals surface area contributed by atoms with Crippen molar-refractivity contribution in [1.82, 2.24) is 9.97 Å². The number of carbonyl (C=O) groups excluding carboxylic acids is 1. The first kappa shape index (κ1) is 16.3. The highest BCUT2D eigenvalue weighted by atomic mass is 35.5. The molecule has 0 radical (unpaired) electrons. The van der Waals surface area contributed by atoms with Crippen LogP contribution in [-0.4, -0.2) is 28.2 Å². The van der Waals surface area contributed by atoms with Gasteiger partial charge in [-0.05, 0) is 32.0 Å². The number of ether oxygens (including phenoxy) is 1. The molecule has 0 aliphatic carbocycles. The van der Waals surface area contributed by atoms with Crippen LogP contribution < -0.4 is 4.90 Å². The molecule has 1 saturated heterocycles. The third-order valence-electron chi connectivity index (χ3n) is 3.60. The molecule has 0 spiro atoms. The van der Waals surface area contributed by atoms with Crippen LogP contribution in [0.3, 0.4) is 0 Å². The molecule has 3 rings (SSSR count). The summed E-state index contributed by atoms with van der Waals surface area (Å²) in [5.74, 6) is 6.54. The first-order valence-corrected chi connectivity index (χ1v) is 7.90. The fourth-order valence-electron chi connectivity index (χ4n) is 2.27. The number of nitrogens with zero attached hydrogens (tertiary/aromatic N) is 3. The summed E-state index contributed by atoms with van der Waals surface area (Å²) in [6.45, 7) is 4.39. The maximum absolute atomic E-state index is 12.1. The van der Waals surface area contributed by atoms with Crippen molar-refractivity contribution in [1.29, 1.82) is 0 Å². The van der Waals surface area contributed by atoms with Crippen LogP contribution in [-0.2, 0) is 4.74 Å². The van der Waals surface area contributed by atoms with Crippen LogP contribution in [0.1, 0.15) is 31.4 Å². The fraction of sp³-hybridized carbons (Fsp3) is 0.278. The summed E-state index contributed by atoms with van der Waals surface area (Å²) in [4.78, 5) is 21.9. The van der Waals surface area contributed by atoms with Gasteiger partial charge in [0.1, 0.15) is 11.4 Å². The minimum absolute atomic E-state index is 0.373. The molecule has 24 heavy (non-hydrogen) atoms. The molecule has 0 saturated carbocycles. The second-order valence-corrected chi connectivity index (χ2v) is 6.51. The van der Waals surface area contributed by atoms with Crippen molar-refractivity contribution in [3.63, 3.8) is 0 Å². The van der Waals surface area contributed by atoms with E-state index in [0.717, 1.165) is 17.5 Å². The molecule has 0 bridgehead atoms. The first-order valence-electron chi connectivity index (χ1n) is 7.52. The summed E-state index contributed by atoms with van der Waals surface area (Å²) >= 11 is 5.88. The lowest BCUT2D eigenvalue weighted by Gasteiger charge is -2.35. The molecule has 0 aromatic carbocycles. The van der Waals surface area contributed by atoms with E-state index in [9.17, 15) is 4.79 Å². The Hall–Kier alpha value is -2.58. The van der Waals surface area contributed by atoms with Crippen LogP contribution >= 0.6 is 11.6 Å². The van der Waals surface area contributed by atoms with Gasteiger partial charge in [-0.25, -0.2) is 9.78 Å². The average molecular weight is 342 g/mol. The van der Waals surface area contributed by atoms with Crippen molar-refractivity contribution in [3.8, 4) is 11.8 Å². The Kier molecular flexibility index (Phi) is 4.41. The number of carbonyl (C=O) groups is 1. The molecule has 1 aliphatic heterocycles. The van der Waals surface area contributed by atoms with Gasteiger partial charge in [0.15, 0.2) is 0 Å². The third kappa shape index (κ3) is 3.84. The third-order valence-corrected chi connectivity index (χ3v) is 3.81. The minimum atomic E-state index is -0.427. The highest BCUT2D eigenvalue weighted by Gasteiger charge is 2.33. The van der Waals surface area contributed by atoms with E-state index in [2.05, 4.69) is 21.8 Å². The van der Waals surface area contributed by atoms with E-state index in [1.54, 1.807) is 30.7 Å². The van der Waals surface area contributed by atoms with Gasteiger partial charge < -0.3 is 4.74 Å². The van der Waals surface area contributed by atoms with Gasteiger partial charge in [0.2, 0.25) is 0 Å². The zero-order valence-electron chi connectivity index (χ0n) is 13.4. The molecule has 0 atom stereocenters. The second-order valence-electron chi connectivity index (χ2n) is 6.08. The quantitative estimate of drug-likeness (QED) is 0.743. The Balaban J connectivity index is 1.74.